The molecule has 1 aliphatic carbocycles. The monoisotopic (exact) mass is 247 g/mol. The van der Waals surface area contributed by atoms with Crippen LogP contribution in [0.25, 0.3) is 0 Å². The van der Waals surface area contributed by atoms with Gasteiger partial charge in [0.25, 0.3) is 0 Å². The summed E-state index contributed by atoms with van der Waals surface area (Å²) in [6.45, 7) is 4.45. The van der Waals surface area contributed by atoms with Crippen LogP contribution in [0.5, 0.6) is 0 Å². The maximum atomic E-state index is 5.49. The second-order valence-corrected chi connectivity index (χ2v) is 5.47. The van der Waals surface area contributed by atoms with Gasteiger partial charge in [-0.15, -0.1) is 0 Å². The van der Waals surface area contributed by atoms with Crippen molar-refractivity contribution in [1.29, 1.82) is 0 Å². The van der Waals surface area contributed by atoms with Gasteiger partial charge in [-0.2, -0.15) is 0 Å². The largest absolute Gasteiger partial charge is 0.381 e. The highest BCUT2D eigenvalue weighted by Crippen LogP contribution is 2.24. The summed E-state index contributed by atoms with van der Waals surface area (Å²) in [5, 5.41) is 3.76. The van der Waals surface area contributed by atoms with E-state index in [1.807, 2.05) is 7.11 Å². The topological polar surface area (TPSA) is 21.3 Å². The zero-order valence-corrected chi connectivity index (χ0v) is 11.8. The van der Waals surface area contributed by atoms with Gasteiger partial charge in [-0.1, -0.05) is 24.3 Å². The van der Waals surface area contributed by atoms with Crippen molar-refractivity contribution in [2.75, 3.05) is 7.11 Å². The molecule has 0 spiro atoms. The Labute approximate surface area is 111 Å². The van der Waals surface area contributed by atoms with Crippen molar-refractivity contribution in [1.82, 2.24) is 5.32 Å². The zero-order chi connectivity index (χ0) is 13.0. The molecule has 0 heterocycles. The lowest BCUT2D eigenvalue weighted by atomic mass is 9.91. The number of benzene rings is 1. The van der Waals surface area contributed by atoms with Crippen molar-refractivity contribution < 1.29 is 4.74 Å². The Balaban J connectivity index is 1.95. The van der Waals surface area contributed by atoms with Crippen molar-refractivity contribution in [3.63, 3.8) is 0 Å². The highest BCUT2D eigenvalue weighted by atomic mass is 16.5. The van der Waals surface area contributed by atoms with Crippen LogP contribution in [0, 0.1) is 6.92 Å². The number of methoxy groups -OCH3 is 1. The van der Waals surface area contributed by atoms with E-state index in [-0.39, 0.29) is 0 Å². The lowest BCUT2D eigenvalue weighted by Crippen LogP contribution is -2.38. The second kappa shape index (κ2) is 6.35. The van der Waals surface area contributed by atoms with Gasteiger partial charge in [-0.3, -0.25) is 0 Å². The van der Waals surface area contributed by atoms with Crippen LogP contribution in [-0.2, 0) is 4.74 Å². The fraction of sp³-hybridized carbons (Fsp3) is 0.625. The van der Waals surface area contributed by atoms with Crippen molar-refractivity contribution in [3.8, 4) is 0 Å². The van der Waals surface area contributed by atoms with E-state index in [4.69, 9.17) is 4.74 Å². The maximum absolute atomic E-state index is 5.49. The number of nitrogens with one attached hydrogen (secondary N) is 1. The van der Waals surface area contributed by atoms with Crippen molar-refractivity contribution in [3.05, 3.63) is 35.4 Å². The molecule has 0 aromatic heterocycles. The molecule has 1 fully saturated rings. The maximum Gasteiger partial charge on any atom is 0.0586 e. The molecule has 2 heteroatoms. The van der Waals surface area contributed by atoms with Crippen LogP contribution >= 0.6 is 0 Å². The number of hydrogen-bond donors (Lipinski definition) is 1. The molecule has 0 saturated heterocycles. The molecular weight excluding hydrogens is 222 g/mol. The third-order valence-electron chi connectivity index (χ3n) is 4.10. The van der Waals surface area contributed by atoms with E-state index in [2.05, 4.69) is 43.4 Å². The summed E-state index contributed by atoms with van der Waals surface area (Å²) in [5.74, 6) is 0. The van der Waals surface area contributed by atoms with Crippen molar-refractivity contribution >= 4 is 0 Å². The van der Waals surface area contributed by atoms with Gasteiger partial charge >= 0.3 is 0 Å². The van der Waals surface area contributed by atoms with Gasteiger partial charge in [0.2, 0.25) is 0 Å². The third-order valence-corrected chi connectivity index (χ3v) is 4.10. The van der Waals surface area contributed by atoms with Crippen LogP contribution in [0.1, 0.15) is 49.8 Å². The number of aryl methyl sites for hydroxylation is 1. The van der Waals surface area contributed by atoms with Gasteiger partial charge in [-0.25, -0.2) is 0 Å². The number of hydrogen-bond acceptors (Lipinski definition) is 2. The van der Waals surface area contributed by atoms with Crippen molar-refractivity contribution in [2.24, 2.45) is 0 Å². The van der Waals surface area contributed by atoms with E-state index in [1.54, 1.807) is 0 Å². The average Bonchev–Trinajstić information content (AvgIpc) is 2.39. The van der Waals surface area contributed by atoms with Gasteiger partial charge < -0.3 is 10.1 Å². The van der Waals surface area contributed by atoms with Crippen LogP contribution in [0.3, 0.4) is 0 Å². The van der Waals surface area contributed by atoms with E-state index in [0.29, 0.717) is 18.2 Å². The van der Waals surface area contributed by atoms with E-state index >= 15 is 0 Å². The lowest BCUT2D eigenvalue weighted by Gasteiger charge is -2.31. The fourth-order valence-electron chi connectivity index (χ4n) is 3.03. The first kappa shape index (κ1) is 13.6. The average molecular weight is 247 g/mol. The summed E-state index contributed by atoms with van der Waals surface area (Å²) in [6, 6.07) is 9.66. The first-order valence-electron chi connectivity index (χ1n) is 7.05. The molecule has 0 radical (unpaired) electrons. The zero-order valence-electron chi connectivity index (χ0n) is 11.8. The normalized spacial score (nSPS) is 25.9. The van der Waals surface area contributed by atoms with Crippen LogP contribution < -0.4 is 5.32 Å². The molecule has 2 nitrogen and oxygen atoms in total. The Morgan fingerprint density at radius 1 is 1.28 bits per heavy atom. The van der Waals surface area contributed by atoms with Crippen LogP contribution in [-0.4, -0.2) is 19.3 Å². The molecule has 0 bridgehead atoms. The molecule has 100 valence electrons. The van der Waals surface area contributed by atoms with Crippen LogP contribution in [0.4, 0.5) is 0 Å². The molecule has 0 amide bonds. The molecule has 2 rings (SSSR count). The smallest absolute Gasteiger partial charge is 0.0586 e. The van der Waals surface area contributed by atoms with E-state index in [1.165, 1.54) is 30.4 Å². The summed E-state index contributed by atoms with van der Waals surface area (Å²) in [5.41, 5.74) is 2.79. The predicted octanol–water partition coefficient (Wildman–Crippen LogP) is 3.60. The second-order valence-electron chi connectivity index (χ2n) is 5.47. The molecule has 1 aliphatic rings. The van der Waals surface area contributed by atoms with E-state index < -0.39 is 0 Å². The highest BCUT2D eigenvalue weighted by Gasteiger charge is 2.23. The SMILES string of the molecule is COC1CCCC(N[C@H](C)c2ccccc2C)C1. The fourth-order valence-corrected chi connectivity index (χ4v) is 3.03. The van der Waals surface area contributed by atoms with Gasteiger partial charge in [-0.05, 0) is 50.7 Å². The van der Waals surface area contributed by atoms with E-state index in [0.717, 1.165) is 6.42 Å². The first-order valence-corrected chi connectivity index (χ1v) is 7.05. The van der Waals surface area contributed by atoms with Gasteiger partial charge in [0.05, 0.1) is 6.10 Å². The minimum absolute atomic E-state index is 0.423. The van der Waals surface area contributed by atoms with Gasteiger partial charge in [0, 0.05) is 19.2 Å². The summed E-state index contributed by atoms with van der Waals surface area (Å²) in [6.07, 6.45) is 5.35. The number of rotatable bonds is 4. The van der Waals surface area contributed by atoms with Crippen LogP contribution in [0.2, 0.25) is 0 Å². The summed E-state index contributed by atoms with van der Waals surface area (Å²) in [7, 11) is 1.83. The minimum Gasteiger partial charge on any atom is -0.381 e. The lowest BCUT2D eigenvalue weighted by molar-refractivity contribution is 0.0572. The Morgan fingerprint density at radius 3 is 2.78 bits per heavy atom. The number of ether oxygens (including phenoxy) is 1. The van der Waals surface area contributed by atoms with E-state index in [9.17, 15) is 0 Å². The molecule has 1 aromatic carbocycles. The Morgan fingerprint density at radius 2 is 2.06 bits per heavy atom. The predicted molar refractivity (Wildman–Crippen MR) is 75.8 cm³/mol. The first-order chi connectivity index (χ1) is 8.70. The quantitative estimate of drug-likeness (QED) is 0.877. The molecule has 2 unspecified atom stereocenters. The minimum atomic E-state index is 0.423. The summed E-state index contributed by atoms with van der Waals surface area (Å²) in [4.78, 5) is 0. The highest BCUT2D eigenvalue weighted by molar-refractivity contribution is 5.28. The molecule has 1 saturated carbocycles. The van der Waals surface area contributed by atoms with Crippen molar-refractivity contribution in [2.45, 2.75) is 57.7 Å². The van der Waals surface area contributed by atoms with Crippen LogP contribution in [0.15, 0.2) is 24.3 Å². The molecule has 0 aliphatic heterocycles. The molecular formula is C16H25NO. The summed E-state index contributed by atoms with van der Waals surface area (Å²) >= 11 is 0. The van der Waals surface area contributed by atoms with Gasteiger partial charge in [0.15, 0.2) is 0 Å². The molecule has 18 heavy (non-hydrogen) atoms. The molecule has 3 atom stereocenters. The van der Waals surface area contributed by atoms with Gasteiger partial charge in [0.1, 0.15) is 0 Å². The molecule has 1 N–H and O–H groups in total. The Hall–Kier alpha value is -0.860. The Kier molecular flexibility index (Phi) is 4.79. The summed E-state index contributed by atoms with van der Waals surface area (Å²) < 4.78 is 5.49. The third kappa shape index (κ3) is 3.33. The standard InChI is InChI=1S/C16H25NO/c1-12-7-4-5-10-16(12)13(2)17-14-8-6-9-15(11-14)18-3/h4-5,7,10,13-15,17H,6,8-9,11H2,1-3H3/t13-,14?,15?/m1/s1. The Bertz CT molecular complexity index is 377. The molecule has 1 aromatic rings.